The number of benzene rings is 1. The average Bonchev–Trinajstić information content (AvgIpc) is 2.18. The van der Waals surface area contributed by atoms with E-state index >= 15 is 0 Å². The molecule has 0 aliphatic carbocycles. The van der Waals surface area contributed by atoms with Crippen LogP contribution in [-0.4, -0.2) is 28.1 Å². The van der Waals surface area contributed by atoms with E-state index in [1.807, 2.05) is 0 Å². The van der Waals surface area contributed by atoms with Crippen molar-refractivity contribution in [3.8, 4) is 0 Å². The summed E-state index contributed by atoms with van der Waals surface area (Å²) in [5.74, 6) is 0. The highest BCUT2D eigenvalue weighted by Gasteiger charge is 2.08. The molecule has 1 aromatic carbocycles. The average molecular weight is 210 g/mol. The van der Waals surface area contributed by atoms with Gasteiger partial charge in [-0.2, -0.15) is 0 Å². The van der Waals surface area contributed by atoms with Crippen LogP contribution in [0, 0.1) is 10.1 Å². The van der Waals surface area contributed by atoms with Crippen molar-refractivity contribution in [1.29, 1.82) is 0 Å². The van der Waals surface area contributed by atoms with Gasteiger partial charge >= 0.3 is 6.09 Å². The topological polar surface area (TPSA) is 83.7 Å². The van der Waals surface area contributed by atoms with Crippen LogP contribution < -0.4 is 0 Å². The second-order valence-corrected chi connectivity index (χ2v) is 3.06. The van der Waals surface area contributed by atoms with Crippen molar-refractivity contribution in [2.24, 2.45) is 0 Å². The van der Waals surface area contributed by atoms with Gasteiger partial charge in [-0.15, -0.1) is 0 Å². The summed E-state index contributed by atoms with van der Waals surface area (Å²) in [5.41, 5.74) is 0.710. The fraction of sp³-hybridized carbons (Fsp3) is 0.222. The van der Waals surface area contributed by atoms with E-state index in [1.54, 1.807) is 0 Å². The molecule has 0 bridgehead atoms. The third kappa shape index (κ3) is 2.94. The van der Waals surface area contributed by atoms with E-state index in [2.05, 4.69) is 0 Å². The minimum atomic E-state index is -1.03. The Morgan fingerprint density at radius 2 is 2.00 bits per heavy atom. The van der Waals surface area contributed by atoms with Crippen LogP contribution in [0.15, 0.2) is 24.3 Å². The number of carbonyl (C=O) groups is 1. The number of hydrogen-bond acceptors (Lipinski definition) is 3. The van der Waals surface area contributed by atoms with Gasteiger partial charge in [0.05, 0.1) is 4.92 Å². The van der Waals surface area contributed by atoms with Gasteiger partial charge in [-0.25, -0.2) is 4.79 Å². The number of nitrogens with zero attached hydrogens (tertiary/aromatic N) is 2. The zero-order valence-corrected chi connectivity index (χ0v) is 8.08. The van der Waals surface area contributed by atoms with Crippen LogP contribution in [0.1, 0.15) is 5.56 Å². The molecule has 0 saturated carbocycles. The molecule has 0 heterocycles. The molecule has 1 N–H and O–H groups in total. The third-order valence-electron chi connectivity index (χ3n) is 1.89. The Balaban J connectivity index is 2.72. The lowest BCUT2D eigenvalue weighted by atomic mass is 10.2. The summed E-state index contributed by atoms with van der Waals surface area (Å²) in [6, 6.07) is 5.78. The molecule has 1 rings (SSSR count). The Kier molecular flexibility index (Phi) is 3.22. The molecule has 1 amide bonds. The van der Waals surface area contributed by atoms with Crippen molar-refractivity contribution >= 4 is 11.8 Å². The van der Waals surface area contributed by atoms with Gasteiger partial charge in [0, 0.05) is 25.7 Å². The number of nitro groups is 1. The summed E-state index contributed by atoms with van der Waals surface area (Å²) in [4.78, 5) is 21.4. The highest BCUT2D eigenvalue weighted by Crippen LogP contribution is 2.12. The van der Waals surface area contributed by atoms with Gasteiger partial charge in [-0.3, -0.25) is 10.1 Å². The first kappa shape index (κ1) is 11.0. The number of rotatable bonds is 3. The summed E-state index contributed by atoms with van der Waals surface area (Å²) >= 11 is 0. The molecule has 0 fully saturated rings. The van der Waals surface area contributed by atoms with Gasteiger partial charge in [-0.1, -0.05) is 12.1 Å². The third-order valence-corrected chi connectivity index (χ3v) is 1.89. The first-order valence-corrected chi connectivity index (χ1v) is 4.18. The van der Waals surface area contributed by atoms with E-state index in [1.165, 1.54) is 31.3 Å². The summed E-state index contributed by atoms with van der Waals surface area (Å²) in [6.45, 7) is 0.216. The number of amides is 1. The number of nitro benzene ring substituents is 1. The van der Waals surface area contributed by atoms with Crippen LogP contribution in [0.25, 0.3) is 0 Å². The molecule has 80 valence electrons. The van der Waals surface area contributed by atoms with Crippen LogP contribution >= 0.6 is 0 Å². The first-order chi connectivity index (χ1) is 7.00. The van der Waals surface area contributed by atoms with Crippen molar-refractivity contribution < 1.29 is 14.8 Å². The summed E-state index contributed by atoms with van der Waals surface area (Å²) in [6.07, 6.45) is -1.03. The Bertz CT molecular complexity index is 374. The maximum absolute atomic E-state index is 10.5. The molecule has 1 aromatic rings. The van der Waals surface area contributed by atoms with Crippen LogP contribution in [0.5, 0.6) is 0 Å². The van der Waals surface area contributed by atoms with E-state index in [0.717, 1.165) is 4.90 Å². The lowest BCUT2D eigenvalue weighted by Gasteiger charge is -2.12. The molecule has 0 aliphatic heterocycles. The van der Waals surface area contributed by atoms with Gasteiger partial charge in [-0.05, 0) is 5.56 Å². The van der Waals surface area contributed by atoms with E-state index in [0.29, 0.717) is 5.56 Å². The molecule has 15 heavy (non-hydrogen) atoms. The molecule has 0 radical (unpaired) electrons. The van der Waals surface area contributed by atoms with Crippen LogP contribution in [0.2, 0.25) is 0 Å². The minimum absolute atomic E-state index is 0.00303. The van der Waals surface area contributed by atoms with Crippen molar-refractivity contribution in [2.45, 2.75) is 6.54 Å². The molecule has 0 aliphatic rings. The summed E-state index contributed by atoms with van der Waals surface area (Å²) in [5, 5.41) is 18.9. The highest BCUT2D eigenvalue weighted by molar-refractivity contribution is 5.64. The van der Waals surface area contributed by atoms with E-state index < -0.39 is 11.0 Å². The van der Waals surface area contributed by atoms with Crippen molar-refractivity contribution in [3.63, 3.8) is 0 Å². The maximum Gasteiger partial charge on any atom is 0.407 e. The van der Waals surface area contributed by atoms with Crippen molar-refractivity contribution in [3.05, 3.63) is 39.9 Å². The lowest BCUT2D eigenvalue weighted by Crippen LogP contribution is -2.23. The van der Waals surface area contributed by atoms with Crippen molar-refractivity contribution in [2.75, 3.05) is 7.05 Å². The normalized spacial score (nSPS) is 9.67. The molecule has 0 spiro atoms. The Morgan fingerprint density at radius 3 is 2.40 bits per heavy atom. The van der Waals surface area contributed by atoms with Gasteiger partial charge in [0.15, 0.2) is 0 Å². The highest BCUT2D eigenvalue weighted by atomic mass is 16.6. The fourth-order valence-electron chi connectivity index (χ4n) is 1.06. The molecular weight excluding hydrogens is 200 g/mol. The van der Waals surface area contributed by atoms with E-state index in [9.17, 15) is 14.9 Å². The Hall–Kier alpha value is -2.11. The van der Waals surface area contributed by atoms with E-state index in [-0.39, 0.29) is 12.2 Å². The molecular formula is C9H10N2O4. The SMILES string of the molecule is CN(Cc1ccc([N+](=O)[O-])cc1)C(=O)O. The van der Waals surface area contributed by atoms with E-state index in [4.69, 9.17) is 5.11 Å². The first-order valence-electron chi connectivity index (χ1n) is 4.18. The van der Waals surface area contributed by atoms with Crippen LogP contribution in [0.3, 0.4) is 0 Å². The zero-order chi connectivity index (χ0) is 11.4. The van der Waals surface area contributed by atoms with Gasteiger partial charge in [0.25, 0.3) is 5.69 Å². The quantitative estimate of drug-likeness (QED) is 0.607. The molecule has 6 nitrogen and oxygen atoms in total. The van der Waals surface area contributed by atoms with Gasteiger partial charge < -0.3 is 10.0 Å². The Labute approximate surface area is 85.9 Å². The van der Waals surface area contributed by atoms with Crippen LogP contribution in [0.4, 0.5) is 10.5 Å². The predicted molar refractivity (Wildman–Crippen MR) is 52.6 cm³/mol. The number of carboxylic acid groups (broad SMARTS) is 1. The molecule has 0 saturated heterocycles. The molecule has 6 heteroatoms. The zero-order valence-electron chi connectivity index (χ0n) is 8.08. The molecule has 0 atom stereocenters. The number of hydrogen-bond donors (Lipinski definition) is 1. The fourth-order valence-corrected chi connectivity index (χ4v) is 1.06. The number of non-ortho nitro benzene ring substituents is 1. The molecule has 0 unspecified atom stereocenters. The van der Waals surface area contributed by atoms with Crippen molar-refractivity contribution in [1.82, 2.24) is 4.90 Å². The second kappa shape index (κ2) is 4.41. The summed E-state index contributed by atoms with van der Waals surface area (Å²) in [7, 11) is 1.43. The minimum Gasteiger partial charge on any atom is -0.465 e. The van der Waals surface area contributed by atoms with Gasteiger partial charge in [0.1, 0.15) is 0 Å². The molecule has 0 aromatic heterocycles. The predicted octanol–water partition coefficient (Wildman–Crippen LogP) is 1.70. The maximum atomic E-state index is 10.5. The summed E-state index contributed by atoms with van der Waals surface area (Å²) < 4.78 is 0. The standard InChI is InChI=1S/C9H10N2O4/c1-10(9(12)13)6-7-2-4-8(5-3-7)11(14)15/h2-5H,6H2,1H3,(H,12,13). The largest absolute Gasteiger partial charge is 0.465 e. The van der Waals surface area contributed by atoms with Crippen LogP contribution in [-0.2, 0) is 6.54 Å². The smallest absolute Gasteiger partial charge is 0.407 e. The Morgan fingerprint density at radius 1 is 1.47 bits per heavy atom. The lowest BCUT2D eigenvalue weighted by molar-refractivity contribution is -0.384. The van der Waals surface area contributed by atoms with Gasteiger partial charge in [0.2, 0.25) is 0 Å². The monoisotopic (exact) mass is 210 g/mol. The second-order valence-electron chi connectivity index (χ2n) is 3.06.